The van der Waals surface area contributed by atoms with Crippen LogP contribution in [0.2, 0.25) is 0 Å². The molecule has 0 aliphatic heterocycles. The van der Waals surface area contributed by atoms with Crippen LogP contribution in [0, 0.1) is 0 Å². The van der Waals surface area contributed by atoms with Gasteiger partial charge in [-0.25, -0.2) is 0 Å². The van der Waals surface area contributed by atoms with Gasteiger partial charge in [-0.2, -0.15) is 0 Å². The second-order valence-electron chi connectivity index (χ2n) is 5.35. The molecule has 0 saturated heterocycles. The van der Waals surface area contributed by atoms with Crippen molar-refractivity contribution in [1.29, 1.82) is 0 Å². The summed E-state index contributed by atoms with van der Waals surface area (Å²) in [4.78, 5) is 12.7. The lowest BCUT2D eigenvalue weighted by molar-refractivity contribution is 0.604. The van der Waals surface area contributed by atoms with Gasteiger partial charge in [0.1, 0.15) is 11.8 Å². The summed E-state index contributed by atoms with van der Waals surface area (Å²) in [6, 6.07) is 15.5. The van der Waals surface area contributed by atoms with E-state index in [2.05, 4.69) is 29.8 Å². The van der Waals surface area contributed by atoms with Gasteiger partial charge in [0.25, 0.3) is 0 Å². The van der Waals surface area contributed by atoms with Crippen LogP contribution in [-0.2, 0) is 6.54 Å². The van der Waals surface area contributed by atoms with E-state index in [1.165, 1.54) is 5.39 Å². The summed E-state index contributed by atoms with van der Waals surface area (Å²) in [6.07, 6.45) is 3.63. The predicted molar refractivity (Wildman–Crippen MR) is 89.1 cm³/mol. The molecule has 2 heterocycles. The molecule has 2 aromatic heterocycles. The second kappa shape index (κ2) is 4.88. The summed E-state index contributed by atoms with van der Waals surface area (Å²) < 4.78 is 7.79. The van der Waals surface area contributed by atoms with Crippen LogP contribution in [0.15, 0.2) is 70.2 Å². The highest BCUT2D eigenvalue weighted by Crippen LogP contribution is 2.25. The van der Waals surface area contributed by atoms with Crippen LogP contribution in [0.3, 0.4) is 0 Å². The lowest BCUT2D eigenvalue weighted by Gasteiger charge is -2.05. The number of hydrogen-bond acceptors (Lipinski definition) is 2. The SMILES string of the molecule is CCn1ccc2ccc(-c3coc4ccccc4c3=O)cc21. The predicted octanol–water partition coefficient (Wildman–Crippen LogP) is 4.43. The fourth-order valence-corrected chi connectivity index (χ4v) is 2.90. The van der Waals surface area contributed by atoms with Crippen molar-refractivity contribution in [3.05, 3.63) is 71.2 Å². The first-order valence-corrected chi connectivity index (χ1v) is 7.38. The van der Waals surface area contributed by atoms with Crippen molar-refractivity contribution in [1.82, 2.24) is 4.57 Å². The molecule has 0 bridgehead atoms. The van der Waals surface area contributed by atoms with E-state index in [1.54, 1.807) is 12.3 Å². The Morgan fingerprint density at radius 3 is 2.82 bits per heavy atom. The number of hydrogen-bond donors (Lipinski definition) is 0. The number of aromatic nitrogens is 1. The third-order valence-electron chi connectivity index (χ3n) is 4.11. The number of nitrogens with zero attached hydrogens (tertiary/aromatic N) is 1. The Bertz CT molecular complexity index is 1040. The number of rotatable bonds is 2. The first-order valence-electron chi connectivity index (χ1n) is 7.38. The lowest BCUT2D eigenvalue weighted by atomic mass is 10.0. The van der Waals surface area contributed by atoms with E-state index in [0.29, 0.717) is 16.5 Å². The molecule has 0 atom stereocenters. The minimum Gasteiger partial charge on any atom is -0.463 e. The van der Waals surface area contributed by atoms with Crippen molar-refractivity contribution < 1.29 is 4.42 Å². The molecule has 0 aliphatic rings. The molecule has 0 saturated carbocycles. The van der Waals surface area contributed by atoms with E-state index in [-0.39, 0.29) is 5.43 Å². The standard InChI is InChI=1S/C19H15NO2/c1-2-20-10-9-13-7-8-14(11-17(13)20)16-12-22-18-6-4-3-5-15(18)19(16)21/h3-12H,2H2,1H3. The Morgan fingerprint density at radius 2 is 1.95 bits per heavy atom. The molecular weight excluding hydrogens is 274 g/mol. The van der Waals surface area contributed by atoms with Crippen LogP contribution < -0.4 is 5.43 Å². The Hall–Kier alpha value is -2.81. The largest absolute Gasteiger partial charge is 0.463 e. The zero-order chi connectivity index (χ0) is 15.1. The van der Waals surface area contributed by atoms with Crippen LogP contribution >= 0.6 is 0 Å². The van der Waals surface area contributed by atoms with Crippen molar-refractivity contribution in [2.24, 2.45) is 0 Å². The molecule has 0 fully saturated rings. The summed E-state index contributed by atoms with van der Waals surface area (Å²) in [7, 11) is 0. The maximum absolute atomic E-state index is 12.7. The first kappa shape index (κ1) is 12.9. The minimum absolute atomic E-state index is 0.0100. The number of fused-ring (bicyclic) bond motifs is 2. The zero-order valence-electron chi connectivity index (χ0n) is 12.2. The van der Waals surface area contributed by atoms with Gasteiger partial charge < -0.3 is 8.98 Å². The Labute approximate surface area is 127 Å². The normalized spacial score (nSPS) is 11.3. The maximum atomic E-state index is 12.7. The molecule has 0 aliphatic carbocycles. The molecular formula is C19H15NO2. The van der Waals surface area contributed by atoms with Crippen LogP contribution in [0.5, 0.6) is 0 Å². The van der Waals surface area contributed by atoms with Crippen LogP contribution in [0.1, 0.15) is 6.92 Å². The van der Waals surface area contributed by atoms with E-state index in [0.717, 1.165) is 17.6 Å². The van der Waals surface area contributed by atoms with Gasteiger partial charge in [-0.3, -0.25) is 4.79 Å². The lowest BCUT2D eigenvalue weighted by Crippen LogP contribution is -2.04. The molecule has 0 spiro atoms. The van der Waals surface area contributed by atoms with Crippen LogP contribution in [0.4, 0.5) is 0 Å². The molecule has 108 valence electrons. The van der Waals surface area contributed by atoms with Crippen molar-refractivity contribution in [2.45, 2.75) is 13.5 Å². The first-order chi connectivity index (χ1) is 10.8. The number of aryl methyl sites for hydroxylation is 1. The monoisotopic (exact) mass is 289 g/mol. The molecule has 3 nitrogen and oxygen atoms in total. The summed E-state index contributed by atoms with van der Waals surface area (Å²) >= 11 is 0. The Kier molecular flexibility index (Phi) is 2.86. The second-order valence-corrected chi connectivity index (χ2v) is 5.35. The summed E-state index contributed by atoms with van der Waals surface area (Å²) in [5.74, 6) is 0. The zero-order valence-corrected chi connectivity index (χ0v) is 12.2. The van der Waals surface area contributed by atoms with Gasteiger partial charge in [0.05, 0.1) is 10.9 Å². The third-order valence-corrected chi connectivity index (χ3v) is 4.11. The summed E-state index contributed by atoms with van der Waals surface area (Å²) in [6.45, 7) is 3.01. The molecule has 22 heavy (non-hydrogen) atoms. The highest BCUT2D eigenvalue weighted by molar-refractivity contribution is 5.87. The Morgan fingerprint density at radius 1 is 1.09 bits per heavy atom. The fourth-order valence-electron chi connectivity index (χ4n) is 2.90. The molecule has 3 heteroatoms. The molecule has 0 N–H and O–H groups in total. The molecule has 0 unspecified atom stereocenters. The number of benzene rings is 2. The minimum atomic E-state index is 0.0100. The van der Waals surface area contributed by atoms with Gasteiger partial charge in [0, 0.05) is 18.3 Å². The quantitative estimate of drug-likeness (QED) is 0.547. The highest BCUT2D eigenvalue weighted by Gasteiger charge is 2.10. The summed E-state index contributed by atoms with van der Waals surface area (Å²) in [5.41, 5.74) is 3.25. The van der Waals surface area contributed by atoms with Crippen molar-refractivity contribution in [2.75, 3.05) is 0 Å². The average Bonchev–Trinajstić information content (AvgIpc) is 2.97. The molecule has 4 aromatic rings. The van der Waals surface area contributed by atoms with Crippen molar-refractivity contribution in [3.8, 4) is 11.1 Å². The molecule has 4 rings (SSSR count). The van der Waals surface area contributed by atoms with E-state index in [1.807, 2.05) is 30.3 Å². The van der Waals surface area contributed by atoms with Gasteiger partial charge in [-0.05, 0) is 42.1 Å². The fraction of sp³-hybridized carbons (Fsp3) is 0.105. The van der Waals surface area contributed by atoms with E-state index in [4.69, 9.17) is 4.42 Å². The average molecular weight is 289 g/mol. The molecule has 0 radical (unpaired) electrons. The van der Waals surface area contributed by atoms with Crippen molar-refractivity contribution in [3.63, 3.8) is 0 Å². The molecule has 0 amide bonds. The van der Waals surface area contributed by atoms with E-state index in [9.17, 15) is 4.79 Å². The summed E-state index contributed by atoms with van der Waals surface area (Å²) in [5, 5.41) is 1.79. The van der Waals surface area contributed by atoms with Gasteiger partial charge in [-0.15, -0.1) is 0 Å². The van der Waals surface area contributed by atoms with Gasteiger partial charge in [0.2, 0.25) is 0 Å². The maximum Gasteiger partial charge on any atom is 0.200 e. The van der Waals surface area contributed by atoms with Crippen LogP contribution in [-0.4, -0.2) is 4.57 Å². The van der Waals surface area contributed by atoms with Crippen molar-refractivity contribution >= 4 is 21.9 Å². The topological polar surface area (TPSA) is 35.1 Å². The number of para-hydroxylation sites is 1. The van der Waals surface area contributed by atoms with E-state index >= 15 is 0 Å². The van der Waals surface area contributed by atoms with Gasteiger partial charge >= 0.3 is 0 Å². The van der Waals surface area contributed by atoms with Gasteiger partial charge in [-0.1, -0.05) is 24.3 Å². The van der Waals surface area contributed by atoms with E-state index < -0.39 is 0 Å². The third kappa shape index (κ3) is 1.86. The Balaban J connectivity index is 1.98. The van der Waals surface area contributed by atoms with Crippen LogP contribution in [0.25, 0.3) is 33.0 Å². The smallest absolute Gasteiger partial charge is 0.200 e. The van der Waals surface area contributed by atoms with Gasteiger partial charge in [0.15, 0.2) is 5.43 Å². The highest BCUT2D eigenvalue weighted by atomic mass is 16.3. The molecule has 2 aromatic carbocycles.